The van der Waals surface area contributed by atoms with Crippen molar-refractivity contribution in [1.82, 2.24) is 14.7 Å². The predicted molar refractivity (Wildman–Crippen MR) is 84.5 cm³/mol. The van der Waals surface area contributed by atoms with Gasteiger partial charge < -0.3 is 14.7 Å². The van der Waals surface area contributed by atoms with Crippen molar-refractivity contribution in [2.45, 2.75) is 18.6 Å². The molecule has 0 radical (unpaired) electrons. The Morgan fingerprint density at radius 1 is 1.39 bits per heavy atom. The van der Waals surface area contributed by atoms with Crippen LogP contribution in [0.4, 0.5) is 0 Å². The average molecular weight is 315 g/mol. The quantitative estimate of drug-likeness (QED) is 0.925. The first-order chi connectivity index (χ1) is 11.0. The number of hydrogen-bond acceptors (Lipinski definition) is 4. The third kappa shape index (κ3) is 3.13. The van der Waals surface area contributed by atoms with Gasteiger partial charge in [-0.25, -0.2) is 0 Å². The molecule has 2 aromatic rings. The standard InChI is InChI=1S/C17H21N3O3/c1-17(14-10-18-19(2)11-14)12-20(8-9-23-17)16(22)15(21)13-6-4-3-5-7-13/h3-7,10-11,15,21H,8-9,12H2,1-2H3. The van der Waals surface area contributed by atoms with Crippen molar-refractivity contribution >= 4 is 5.91 Å². The number of aryl methyl sites for hydroxylation is 1. The highest BCUT2D eigenvalue weighted by atomic mass is 16.5. The van der Waals surface area contributed by atoms with E-state index < -0.39 is 11.7 Å². The molecule has 1 aromatic carbocycles. The first kappa shape index (κ1) is 15.7. The molecule has 1 saturated heterocycles. The molecule has 0 saturated carbocycles. The average Bonchev–Trinajstić information content (AvgIpc) is 3.02. The van der Waals surface area contributed by atoms with Gasteiger partial charge in [0.2, 0.25) is 0 Å². The molecule has 1 N–H and O–H groups in total. The van der Waals surface area contributed by atoms with Gasteiger partial charge in [-0.3, -0.25) is 9.48 Å². The van der Waals surface area contributed by atoms with Crippen molar-refractivity contribution in [2.24, 2.45) is 7.05 Å². The molecule has 1 fully saturated rings. The summed E-state index contributed by atoms with van der Waals surface area (Å²) in [6, 6.07) is 8.98. The Kier molecular flexibility index (Phi) is 4.19. The number of ether oxygens (including phenoxy) is 1. The third-order valence-corrected chi connectivity index (χ3v) is 4.25. The van der Waals surface area contributed by atoms with Crippen molar-refractivity contribution in [2.75, 3.05) is 19.7 Å². The fourth-order valence-corrected chi connectivity index (χ4v) is 2.88. The molecule has 6 nitrogen and oxygen atoms in total. The molecule has 1 aliphatic heterocycles. The van der Waals surface area contributed by atoms with Crippen LogP contribution in [0.25, 0.3) is 0 Å². The van der Waals surface area contributed by atoms with Crippen LogP contribution in [-0.2, 0) is 22.2 Å². The molecule has 0 aliphatic carbocycles. The highest BCUT2D eigenvalue weighted by molar-refractivity contribution is 5.82. The Hall–Kier alpha value is -2.18. The summed E-state index contributed by atoms with van der Waals surface area (Å²) in [5.74, 6) is -0.297. The second-order valence-corrected chi connectivity index (χ2v) is 6.06. The summed E-state index contributed by atoms with van der Waals surface area (Å²) in [6.07, 6.45) is 2.50. The van der Waals surface area contributed by atoms with Gasteiger partial charge in [0, 0.05) is 25.4 Å². The zero-order chi connectivity index (χ0) is 16.4. The Morgan fingerprint density at radius 3 is 2.78 bits per heavy atom. The summed E-state index contributed by atoms with van der Waals surface area (Å²) in [4.78, 5) is 14.3. The highest BCUT2D eigenvalue weighted by Crippen LogP contribution is 2.30. The Balaban J connectivity index is 1.77. The van der Waals surface area contributed by atoms with Crippen LogP contribution in [0, 0.1) is 0 Å². The first-order valence-corrected chi connectivity index (χ1v) is 7.64. The van der Waals surface area contributed by atoms with Crippen LogP contribution >= 0.6 is 0 Å². The molecular weight excluding hydrogens is 294 g/mol. The second kappa shape index (κ2) is 6.14. The van der Waals surface area contributed by atoms with E-state index in [0.717, 1.165) is 5.56 Å². The molecule has 0 bridgehead atoms. The van der Waals surface area contributed by atoms with Crippen LogP contribution in [0.3, 0.4) is 0 Å². The number of carbonyl (C=O) groups is 1. The summed E-state index contributed by atoms with van der Waals surface area (Å²) >= 11 is 0. The lowest BCUT2D eigenvalue weighted by Gasteiger charge is -2.40. The Bertz CT molecular complexity index is 685. The minimum absolute atomic E-state index is 0.297. The van der Waals surface area contributed by atoms with Gasteiger partial charge in [-0.2, -0.15) is 5.10 Å². The number of carbonyl (C=O) groups excluding carboxylic acids is 1. The monoisotopic (exact) mass is 315 g/mol. The van der Waals surface area contributed by atoms with E-state index in [1.807, 2.05) is 38.4 Å². The molecule has 3 rings (SSSR count). The van der Waals surface area contributed by atoms with E-state index in [1.165, 1.54) is 0 Å². The largest absolute Gasteiger partial charge is 0.378 e. The molecule has 1 amide bonds. The predicted octanol–water partition coefficient (Wildman–Crippen LogP) is 1.23. The fraction of sp³-hybridized carbons (Fsp3) is 0.412. The summed E-state index contributed by atoms with van der Waals surface area (Å²) in [7, 11) is 1.85. The van der Waals surface area contributed by atoms with Crippen molar-refractivity contribution < 1.29 is 14.6 Å². The van der Waals surface area contributed by atoms with Gasteiger partial charge in [-0.15, -0.1) is 0 Å². The van der Waals surface area contributed by atoms with Crippen LogP contribution in [-0.4, -0.2) is 45.4 Å². The van der Waals surface area contributed by atoms with E-state index in [9.17, 15) is 9.90 Å². The number of aliphatic hydroxyl groups is 1. The van der Waals surface area contributed by atoms with E-state index in [4.69, 9.17) is 4.74 Å². The maximum atomic E-state index is 12.6. The molecule has 6 heteroatoms. The molecule has 2 heterocycles. The zero-order valence-corrected chi connectivity index (χ0v) is 13.3. The lowest BCUT2D eigenvalue weighted by atomic mass is 9.96. The second-order valence-electron chi connectivity index (χ2n) is 6.06. The van der Waals surface area contributed by atoms with E-state index in [-0.39, 0.29) is 5.91 Å². The van der Waals surface area contributed by atoms with Crippen LogP contribution < -0.4 is 0 Å². The van der Waals surface area contributed by atoms with Gasteiger partial charge in [0.1, 0.15) is 5.60 Å². The van der Waals surface area contributed by atoms with Crippen LogP contribution in [0.2, 0.25) is 0 Å². The topological polar surface area (TPSA) is 67.6 Å². The van der Waals surface area contributed by atoms with Crippen LogP contribution in [0.1, 0.15) is 24.2 Å². The molecule has 23 heavy (non-hydrogen) atoms. The van der Waals surface area contributed by atoms with Gasteiger partial charge in [-0.05, 0) is 12.5 Å². The molecule has 1 aromatic heterocycles. The number of amides is 1. The smallest absolute Gasteiger partial charge is 0.256 e. The molecule has 2 atom stereocenters. The molecule has 2 unspecified atom stereocenters. The number of nitrogens with zero attached hydrogens (tertiary/aromatic N) is 3. The lowest BCUT2D eigenvalue weighted by molar-refractivity contribution is -0.158. The number of aromatic nitrogens is 2. The maximum absolute atomic E-state index is 12.6. The Labute approximate surface area is 135 Å². The number of benzene rings is 1. The van der Waals surface area contributed by atoms with Crippen molar-refractivity contribution in [3.05, 3.63) is 53.9 Å². The fourth-order valence-electron chi connectivity index (χ4n) is 2.88. The summed E-state index contributed by atoms with van der Waals surface area (Å²) in [5.41, 5.74) is 0.914. The first-order valence-electron chi connectivity index (χ1n) is 7.64. The SMILES string of the molecule is Cn1cc(C2(C)CN(C(=O)C(O)c3ccccc3)CCO2)cn1. The minimum atomic E-state index is -1.15. The summed E-state index contributed by atoms with van der Waals surface area (Å²) in [6.45, 7) is 3.23. The molecule has 122 valence electrons. The lowest BCUT2D eigenvalue weighted by Crippen LogP contribution is -2.51. The highest BCUT2D eigenvalue weighted by Gasteiger charge is 2.38. The number of morpholine rings is 1. The summed E-state index contributed by atoms with van der Waals surface area (Å²) < 4.78 is 7.61. The van der Waals surface area contributed by atoms with Crippen molar-refractivity contribution in [3.63, 3.8) is 0 Å². The van der Waals surface area contributed by atoms with Crippen LogP contribution in [0.5, 0.6) is 0 Å². The van der Waals surface area contributed by atoms with Crippen LogP contribution in [0.15, 0.2) is 42.7 Å². The van der Waals surface area contributed by atoms with Gasteiger partial charge in [0.25, 0.3) is 5.91 Å². The maximum Gasteiger partial charge on any atom is 0.256 e. The van der Waals surface area contributed by atoms with Gasteiger partial charge >= 0.3 is 0 Å². The van der Waals surface area contributed by atoms with E-state index in [2.05, 4.69) is 5.10 Å². The van der Waals surface area contributed by atoms with E-state index >= 15 is 0 Å². The number of hydrogen-bond donors (Lipinski definition) is 1. The van der Waals surface area contributed by atoms with Crippen molar-refractivity contribution in [1.29, 1.82) is 0 Å². The van der Waals surface area contributed by atoms with E-state index in [1.54, 1.807) is 27.9 Å². The Morgan fingerprint density at radius 2 is 2.13 bits per heavy atom. The number of rotatable bonds is 3. The van der Waals surface area contributed by atoms with Gasteiger partial charge in [0.15, 0.2) is 6.10 Å². The molecular formula is C17H21N3O3. The normalized spacial score (nSPS) is 22.8. The minimum Gasteiger partial charge on any atom is -0.378 e. The zero-order valence-electron chi connectivity index (χ0n) is 13.3. The van der Waals surface area contributed by atoms with Gasteiger partial charge in [0.05, 0.1) is 19.3 Å². The van der Waals surface area contributed by atoms with Crippen molar-refractivity contribution in [3.8, 4) is 0 Å². The van der Waals surface area contributed by atoms with Gasteiger partial charge in [-0.1, -0.05) is 30.3 Å². The third-order valence-electron chi connectivity index (χ3n) is 4.25. The van der Waals surface area contributed by atoms with E-state index in [0.29, 0.717) is 25.3 Å². The summed E-state index contributed by atoms with van der Waals surface area (Å²) in [5, 5.41) is 14.5. The molecule has 1 aliphatic rings. The molecule has 0 spiro atoms. The number of aliphatic hydroxyl groups excluding tert-OH is 1.